The van der Waals surface area contributed by atoms with Crippen molar-refractivity contribution < 1.29 is 14.3 Å². The standard InChI is InChI=1S/C17H24O3/c1-13-7-9-15(10-8-13)19-12-11-14(2)17(18)20-16-5-3-4-6-16/h7-10,14,16H,3-6,11-12H2,1-2H3. The molecule has 1 saturated carbocycles. The summed E-state index contributed by atoms with van der Waals surface area (Å²) in [6.07, 6.45) is 5.27. The summed E-state index contributed by atoms with van der Waals surface area (Å²) >= 11 is 0. The monoisotopic (exact) mass is 276 g/mol. The number of hydrogen-bond donors (Lipinski definition) is 0. The van der Waals surface area contributed by atoms with E-state index in [-0.39, 0.29) is 18.0 Å². The molecule has 1 aromatic rings. The highest BCUT2D eigenvalue weighted by molar-refractivity contribution is 5.72. The molecule has 0 N–H and O–H groups in total. The van der Waals surface area contributed by atoms with Crippen LogP contribution in [-0.4, -0.2) is 18.7 Å². The first-order chi connectivity index (χ1) is 9.65. The van der Waals surface area contributed by atoms with Gasteiger partial charge in [0.1, 0.15) is 11.9 Å². The van der Waals surface area contributed by atoms with Crippen molar-refractivity contribution in [1.29, 1.82) is 0 Å². The molecule has 1 aliphatic carbocycles. The summed E-state index contributed by atoms with van der Waals surface area (Å²) in [5.41, 5.74) is 1.21. The summed E-state index contributed by atoms with van der Waals surface area (Å²) in [6, 6.07) is 7.95. The molecule has 0 aromatic heterocycles. The van der Waals surface area contributed by atoms with Crippen LogP contribution in [0.5, 0.6) is 5.75 Å². The summed E-state index contributed by atoms with van der Waals surface area (Å²) < 4.78 is 11.1. The lowest BCUT2D eigenvalue weighted by molar-refractivity contribution is -0.153. The Hall–Kier alpha value is -1.51. The van der Waals surface area contributed by atoms with Crippen molar-refractivity contribution in [2.24, 2.45) is 5.92 Å². The Labute approximate surface area is 121 Å². The van der Waals surface area contributed by atoms with E-state index in [4.69, 9.17) is 9.47 Å². The molecule has 0 amide bonds. The summed E-state index contributed by atoms with van der Waals surface area (Å²) in [6.45, 7) is 4.50. The summed E-state index contributed by atoms with van der Waals surface area (Å²) in [5, 5.41) is 0. The molecule has 0 aliphatic heterocycles. The van der Waals surface area contributed by atoms with Crippen LogP contribution in [-0.2, 0) is 9.53 Å². The lowest BCUT2D eigenvalue weighted by Gasteiger charge is -2.16. The van der Waals surface area contributed by atoms with Gasteiger partial charge in [-0.2, -0.15) is 0 Å². The maximum atomic E-state index is 11.9. The molecule has 1 aromatic carbocycles. The Morgan fingerprint density at radius 2 is 1.90 bits per heavy atom. The van der Waals surface area contributed by atoms with E-state index >= 15 is 0 Å². The van der Waals surface area contributed by atoms with Gasteiger partial charge in [0.2, 0.25) is 0 Å². The van der Waals surface area contributed by atoms with Crippen LogP contribution in [0.2, 0.25) is 0 Å². The highest BCUT2D eigenvalue weighted by atomic mass is 16.5. The van der Waals surface area contributed by atoms with E-state index in [0.29, 0.717) is 13.0 Å². The Morgan fingerprint density at radius 3 is 2.55 bits per heavy atom. The Balaban J connectivity index is 1.67. The molecule has 3 nitrogen and oxygen atoms in total. The molecule has 0 heterocycles. The fraction of sp³-hybridized carbons (Fsp3) is 0.588. The van der Waals surface area contributed by atoms with Gasteiger partial charge >= 0.3 is 5.97 Å². The van der Waals surface area contributed by atoms with E-state index in [1.54, 1.807) is 0 Å². The van der Waals surface area contributed by atoms with Crippen LogP contribution in [0.3, 0.4) is 0 Å². The van der Waals surface area contributed by atoms with Crippen LogP contribution in [0.15, 0.2) is 24.3 Å². The minimum Gasteiger partial charge on any atom is -0.494 e. The number of aryl methyl sites for hydroxylation is 1. The van der Waals surface area contributed by atoms with Gasteiger partial charge in [0, 0.05) is 0 Å². The Bertz CT molecular complexity index is 418. The van der Waals surface area contributed by atoms with E-state index in [1.165, 1.54) is 18.4 Å². The molecule has 1 unspecified atom stereocenters. The zero-order chi connectivity index (χ0) is 14.4. The normalized spacial score (nSPS) is 16.9. The van der Waals surface area contributed by atoms with Crippen LogP contribution in [0, 0.1) is 12.8 Å². The number of esters is 1. The van der Waals surface area contributed by atoms with Crippen molar-refractivity contribution >= 4 is 5.97 Å². The van der Waals surface area contributed by atoms with Crippen molar-refractivity contribution in [3.63, 3.8) is 0 Å². The molecule has 110 valence electrons. The molecule has 0 spiro atoms. The molecular weight excluding hydrogens is 252 g/mol. The minimum absolute atomic E-state index is 0.0793. The van der Waals surface area contributed by atoms with Crippen molar-refractivity contribution in [1.82, 2.24) is 0 Å². The van der Waals surface area contributed by atoms with Crippen LogP contribution in [0.25, 0.3) is 0 Å². The number of benzene rings is 1. The lowest BCUT2D eigenvalue weighted by Crippen LogP contribution is -2.22. The largest absolute Gasteiger partial charge is 0.494 e. The number of carbonyl (C=O) groups excluding carboxylic acids is 1. The fourth-order valence-electron chi connectivity index (χ4n) is 2.39. The van der Waals surface area contributed by atoms with Gasteiger partial charge in [-0.15, -0.1) is 0 Å². The maximum absolute atomic E-state index is 11.9. The first-order valence-electron chi connectivity index (χ1n) is 7.55. The van der Waals surface area contributed by atoms with Gasteiger partial charge in [-0.3, -0.25) is 4.79 Å². The van der Waals surface area contributed by atoms with Crippen molar-refractivity contribution in [3.8, 4) is 5.75 Å². The third kappa shape index (κ3) is 4.55. The van der Waals surface area contributed by atoms with Gasteiger partial charge in [0.15, 0.2) is 0 Å². The predicted octanol–water partition coefficient (Wildman–Crippen LogP) is 3.89. The molecule has 0 saturated heterocycles. The number of rotatable bonds is 6. The second-order valence-corrected chi connectivity index (χ2v) is 5.69. The third-order valence-electron chi connectivity index (χ3n) is 3.83. The van der Waals surface area contributed by atoms with Gasteiger partial charge in [0.05, 0.1) is 12.5 Å². The van der Waals surface area contributed by atoms with E-state index in [9.17, 15) is 4.79 Å². The average Bonchev–Trinajstić information content (AvgIpc) is 2.93. The molecule has 2 rings (SSSR count). The molecule has 20 heavy (non-hydrogen) atoms. The Morgan fingerprint density at radius 1 is 1.25 bits per heavy atom. The van der Waals surface area contributed by atoms with Crippen LogP contribution < -0.4 is 4.74 Å². The van der Waals surface area contributed by atoms with E-state index in [1.807, 2.05) is 38.1 Å². The van der Waals surface area contributed by atoms with Gasteiger partial charge in [-0.1, -0.05) is 24.6 Å². The quantitative estimate of drug-likeness (QED) is 0.739. The zero-order valence-electron chi connectivity index (χ0n) is 12.4. The van der Waals surface area contributed by atoms with Crippen molar-refractivity contribution in [3.05, 3.63) is 29.8 Å². The topological polar surface area (TPSA) is 35.5 Å². The second-order valence-electron chi connectivity index (χ2n) is 5.69. The fourth-order valence-corrected chi connectivity index (χ4v) is 2.39. The summed E-state index contributed by atoms with van der Waals surface area (Å²) in [4.78, 5) is 11.9. The summed E-state index contributed by atoms with van der Waals surface area (Å²) in [7, 11) is 0. The summed E-state index contributed by atoms with van der Waals surface area (Å²) in [5.74, 6) is 0.678. The zero-order valence-corrected chi connectivity index (χ0v) is 12.4. The third-order valence-corrected chi connectivity index (χ3v) is 3.83. The number of hydrogen-bond acceptors (Lipinski definition) is 3. The lowest BCUT2D eigenvalue weighted by atomic mass is 10.1. The van der Waals surface area contributed by atoms with Crippen molar-refractivity contribution in [2.45, 2.75) is 52.1 Å². The smallest absolute Gasteiger partial charge is 0.309 e. The van der Waals surface area contributed by atoms with Gasteiger partial charge < -0.3 is 9.47 Å². The molecule has 1 aliphatic rings. The molecule has 0 radical (unpaired) electrons. The molecular formula is C17H24O3. The van der Waals surface area contributed by atoms with Gasteiger partial charge in [-0.05, 0) is 51.2 Å². The maximum Gasteiger partial charge on any atom is 0.309 e. The van der Waals surface area contributed by atoms with Gasteiger partial charge in [0.25, 0.3) is 0 Å². The highest BCUT2D eigenvalue weighted by Gasteiger charge is 2.22. The molecule has 0 bridgehead atoms. The first kappa shape index (κ1) is 14.9. The number of carbonyl (C=O) groups is 1. The molecule has 1 atom stereocenters. The van der Waals surface area contributed by atoms with Crippen LogP contribution in [0.4, 0.5) is 0 Å². The van der Waals surface area contributed by atoms with Gasteiger partial charge in [-0.25, -0.2) is 0 Å². The second kappa shape index (κ2) is 7.32. The van der Waals surface area contributed by atoms with E-state index < -0.39 is 0 Å². The van der Waals surface area contributed by atoms with Crippen LogP contribution >= 0.6 is 0 Å². The van der Waals surface area contributed by atoms with Crippen molar-refractivity contribution in [2.75, 3.05) is 6.61 Å². The molecule has 3 heteroatoms. The SMILES string of the molecule is Cc1ccc(OCCC(C)C(=O)OC2CCCC2)cc1. The first-order valence-corrected chi connectivity index (χ1v) is 7.55. The van der Waals surface area contributed by atoms with E-state index in [2.05, 4.69) is 0 Å². The van der Waals surface area contributed by atoms with E-state index in [0.717, 1.165) is 18.6 Å². The highest BCUT2D eigenvalue weighted by Crippen LogP contribution is 2.22. The average molecular weight is 276 g/mol. The van der Waals surface area contributed by atoms with Crippen LogP contribution in [0.1, 0.15) is 44.6 Å². The Kier molecular flexibility index (Phi) is 5.45. The minimum atomic E-state index is -0.0963. The number of ether oxygens (including phenoxy) is 2. The molecule has 1 fully saturated rings. The predicted molar refractivity (Wildman–Crippen MR) is 78.8 cm³/mol.